The molecule has 0 aliphatic rings. The van der Waals surface area contributed by atoms with Crippen molar-refractivity contribution < 1.29 is 23.4 Å². The quantitative estimate of drug-likeness (QED) is 0.675. The molecule has 3 rings (SSSR count). The van der Waals surface area contributed by atoms with Crippen molar-refractivity contribution >= 4 is 27.5 Å². The number of thiophene rings is 1. The molecule has 5 nitrogen and oxygen atoms in total. The van der Waals surface area contributed by atoms with Gasteiger partial charge in [0.2, 0.25) is 0 Å². The van der Waals surface area contributed by atoms with Crippen LogP contribution in [-0.4, -0.2) is 33.6 Å². The van der Waals surface area contributed by atoms with E-state index in [0.29, 0.717) is 15.1 Å². The molecule has 2 unspecified atom stereocenters. The number of hydrogen-bond donors (Lipinski definition) is 1. The number of carbonyl (C=O) groups is 1. The molecule has 0 saturated heterocycles. The summed E-state index contributed by atoms with van der Waals surface area (Å²) in [5.41, 5.74) is 0.415. The van der Waals surface area contributed by atoms with Crippen LogP contribution in [0.3, 0.4) is 0 Å². The Morgan fingerprint density at radius 1 is 1.35 bits per heavy atom. The molecule has 0 aliphatic heterocycles. The average Bonchev–Trinajstić information content (AvgIpc) is 3.14. The van der Waals surface area contributed by atoms with Gasteiger partial charge in [-0.2, -0.15) is 5.10 Å². The van der Waals surface area contributed by atoms with E-state index in [0.717, 1.165) is 23.5 Å². The summed E-state index contributed by atoms with van der Waals surface area (Å²) < 4.78 is 34.1. The molecule has 1 aromatic carbocycles. The van der Waals surface area contributed by atoms with E-state index in [-0.39, 0.29) is 17.9 Å². The van der Waals surface area contributed by atoms with Crippen LogP contribution in [0.5, 0.6) is 0 Å². The minimum Gasteiger partial charge on any atom is -0.462 e. The van der Waals surface area contributed by atoms with Gasteiger partial charge < -0.3 is 9.84 Å². The molecule has 1 N–H and O–H groups in total. The maximum atomic E-state index is 14.3. The smallest absolute Gasteiger partial charge is 0.348 e. The third-order valence-electron chi connectivity index (χ3n) is 4.13. The zero-order valence-corrected chi connectivity index (χ0v) is 15.3. The van der Waals surface area contributed by atoms with Crippen molar-refractivity contribution in [3.05, 3.63) is 40.8 Å². The number of halogens is 2. The lowest BCUT2D eigenvalue weighted by molar-refractivity contribution is 0.0532. The fourth-order valence-corrected chi connectivity index (χ4v) is 3.69. The topological polar surface area (TPSA) is 64.3 Å². The number of ether oxygens (including phenoxy) is 1. The highest BCUT2D eigenvalue weighted by atomic mass is 32.1. The summed E-state index contributed by atoms with van der Waals surface area (Å²) in [4.78, 5) is 13.0. The fourth-order valence-electron chi connectivity index (χ4n) is 2.59. The Bertz CT molecular complexity index is 965. The van der Waals surface area contributed by atoms with Crippen molar-refractivity contribution in [3.63, 3.8) is 0 Å². The lowest BCUT2D eigenvalue weighted by Gasteiger charge is -2.15. The lowest BCUT2D eigenvalue weighted by Crippen LogP contribution is -2.19. The SMILES string of the molecule is CCOC(=O)c1cc2c(-c3ccc(F)cc3F)nn(C(C)C(C)O)c2s1. The molecule has 0 amide bonds. The van der Waals surface area contributed by atoms with Crippen molar-refractivity contribution in [1.82, 2.24) is 9.78 Å². The Balaban J connectivity index is 2.23. The largest absolute Gasteiger partial charge is 0.462 e. The molecule has 26 heavy (non-hydrogen) atoms. The second-order valence-electron chi connectivity index (χ2n) is 5.95. The molecular formula is C18H18F2N2O3S. The Morgan fingerprint density at radius 2 is 2.08 bits per heavy atom. The molecule has 8 heteroatoms. The van der Waals surface area contributed by atoms with Gasteiger partial charge >= 0.3 is 5.97 Å². The first kappa shape index (κ1) is 18.5. The maximum absolute atomic E-state index is 14.3. The number of carbonyl (C=O) groups excluding carboxylic acids is 1. The van der Waals surface area contributed by atoms with Gasteiger partial charge in [-0.25, -0.2) is 18.3 Å². The summed E-state index contributed by atoms with van der Waals surface area (Å²) in [5, 5.41) is 14.9. The van der Waals surface area contributed by atoms with E-state index < -0.39 is 29.7 Å². The number of fused-ring (bicyclic) bond motifs is 1. The summed E-state index contributed by atoms with van der Waals surface area (Å²) in [7, 11) is 0. The maximum Gasteiger partial charge on any atom is 0.348 e. The molecule has 3 aromatic rings. The van der Waals surface area contributed by atoms with Crippen LogP contribution in [0.2, 0.25) is 0 Å². The number of rotatable bonds is 5. The number of nitrogens with zero attached hydrogens (tertiary/aromatic N) is 2. The molecule has 2 aromatic heterocycles. The van der Waals surface area contributed by atoms with E-state index in [1.54, 1.807) is 31.5 Å². The van der Waals surface area contributed by atoms with Gasteiger partial charge in [-0.15, -0.1) is 11.3 Å². The highest BCUT2D eigenvalue weighted by molar-refractivity contribution is 7.20. The molecule has 2 atom stereocenters. The fraction of sp³-hybridized carbons (Fsp3) is 0.333. The second kappa shape index (κ2) is 7.13. The molecular weight excluding hydrogens is 362 g/mol. The number of benzene rings is 1. The first-order valence-electron chi connectivity index (χ1n) is 8.16. The van der Waals surface area contributed by atoms with Gasteiger partial charge in [0.05, 0.1) is 18.8 Å². The molecule has 0 fully saturated rings. The highest BCUT2D eigenvalue weighted by Crippen LogP contribution is 2.37. The van der Waals surface area contributed by atoms with Crippen molar-refractivity contribution in [2.24, 2.45) is 0 Å². The Labute approximate surface area is 152 Å². The van der Waals surface area contributed by atoms with E-state index in [1.165, 1.54) is 6.07 Å². The summed E-state index contributed by atoms with van der Waals surface area (Å²) in [6.45, 7) is 5.34. The van der Waals surface area contributed by atoms with Gasteiger partial charge in [-0.05, 0) is 39.0 Å². The van der Waals surface area contributed by atoms with Crippen molar-refractivity contribution in [2.45, 2.75) is 32.9 Å². The zero-order valence-electron chi connectivity index (χ0n) is 14.5. The molecule has 138 valence electrons. The van der Waals surface area contributed by atoms with Crippen LogP contribution in [0.15, 0.2) is 24.3 Å². The summed E-state index contributed by atoms with van der Waals surface area (Å²) in [6.07, 6.45) is -0.711. The molecule has 0 spiro atoms. The zero-order chi connectivity index (χ0) is 19.0. The molecule has 0 saturated carbocycles. The standard InChI is InChI=1S/C18H18F2N2O3S/c1-4-25-18(24)15-8-13-16(12-6-5-11(19)7-14(12)20)21-22(17(13)26-15)9(2)10(3)23/h5-10,23H,4H2,1-3H3. The van der Waals surface area contributed by atoms with Crippen molar-refractivity contribution in [3.8, 4) is 11.3 Å². The van der Waals surface area contributed by atoms with Gasteiger partial charge in [0.15, 0.2) is 0 Å². The molecule has 0 radical (unpaired) electrons. The van der Waals surface area contributed by atoms with Crippen molar-refractivity contribution in [2.75, 3.05) is 6.61 Å². The van der Waals surface area contributed by atoms with E-state index in [2.05, 4.69) is 5.10 Å². The molecule has 2 heterocycles. The van der Waals surface area contributed by atoms with E-state index in [1.807, 2.05) is 0 Å². The normalized spacial score (nSPS) is 13.8. The van der Waals surface area contributed by atoms with Gasteiger partial charge in [-0.3, -0.25) is 0 Å². The van der Waals surface area contributed by atoms with Gasteiger partial charge in [0.25, 0.3) is 0 Å². The average molecular weight is 380 g/mol. The molecule has 0 bridgehead atoms. The van der Waals surface area contributed by atoms with Crippen LogP contribution in [0, 0.1) is 11.6 Å². The predicted octanol–water partition coefficient (Wildman–Crippen LogP) is 4.16. The van der Waals surface area contributed by atoms with Crippen LogP contribution in [-0.2, 0) is 4.74 Å². The Hall–Kier alpha value is -2.32. The van der Waals surface area contributed by atoms with Crippen LogP contribution in [0.1, 0.15) is 36.5 Å². The van der Waals surface area contributed by atoms with Gasteiger partial charge in [0.1, 0.15) is 27.0 Å². The van der Waals surface area contributed by atoms with E-state index in [4.69, 9.17) is 4.74 Å². The van der Waals surface area contributed by atoms with Gasteiger partial charge in [0, 0.05) is 17.0 Å². The summed E-state index contributed by atoms with van der Waals surface area (Å²) >= 11 is 1.16. The minimum atomic E-state index is -0.745. The van der Waals surface area contributed by atoms with E-state index in [9.17, 15) is 18.7 Å². The third kappa shape index (κ3) is 3.22. The number of esters is 1. The number of aliphatic hydroxyl groups excluding tert-OH is 1. The first-order valence-corrected chi connectivity index (χ1v) is 8.97. The van der Waals surface area contributed by atoms with Crippen LogP contribution in [0.4, 0.5) is 8.78 Å². The summed E-state index contributed by atoms with van der Waals surface area (Å²) in [5.74, 6) is -1.91. The van der Waals surface area contributed by atoms with Gasteiger partial charge in [-0.1, -0.05) is 0 Å². The number of aliphatic hydroxyl groups is 1. The summed E-state index contributed by atoms with van der Waals surface area (Å²) in [6, 6.07) is 4.44. The number of aromatic nitrogens is 2. The van der Waals surface area contributed by atoms with E-state index >= 15 is 0 Å². The minimum absolute atomic E-state index is 0.126. The second-order valence-corrected chi connectivity index (χ2v) is 6.98. The van der Waals surface area contributed by atoms with Crippen LogP contribution >= 0.6 is 11.3 Å². The monoisotopic (exact) mass is 380 g/mol. The Morgan fingerprint density at radius 3 is 2.69 bits per heavy atom. The number of hydrogen-bond acceptors (Lipinski definition) is 5. The third-order valence-corrected chi connectivity index (χ3v) is 5.23. The Kier molecular flexibility index (Phi) is 5.06. The first-order chi connectivity index (χ1) is 12.3. The lowest BCUT2D eigenvalue weighted by atomic mass is 10.1. The predicted molar refractivity (Wildman–Crippen MR) is 95.3 cm³/mol. The van der Waals surface area contributed by atoms with Crippen LogP contribution in [0.25, 0.3) is 21.5 Å². The van der Waals surface area contributed by atoms with Crippen LogP contribution < -0.4 is 0 Å². The van der Waals surface area contributed by atoms with Crippen molar-refractivity contribution in [1.29, 1.82) is 0 Å². The highest BCUT2D eigenvalue weighted by Gasteiger charge is 2.24. The molecule has 0 aliphatic carbocycles.